The van der Waals surface area contributed by atoms with Crippen molar-refractivity contribution in [1.82, 2.24) is 24.8 Å². The quantitative estimate of drug-likeness (QED) is 0.680. The normalized spacial score (nSPS) is 19.2. The molecule has 3 aromatic rings. The Bertz CT molecular complexity index is 1030. The van der Waals surface area contributed by atoms with Gasteiger partial charge >= 0.3 is 0 Å². The average molecular weight is 377 g/mol. The van der Waals surface area contributed by atoms with Gasteiger partial charge in [-0.15, -0.1) is 0 Å². The molecule has 7 heteroatoms. The van der Waals surface area contributed by atoms with Crippen molar-refractivity contribution < 1.29 is 4.52 Å². The van der Waals surface area contributed by atoms with Gasteiger partial charge in [-0.3, -0.25) is 14.7 Å². The van der Waals surface area contributed by atoms with Crippen molar-refractivity contribution in [2.75, 3.05) is 6.54 Å². The third-order valence-corrected chi connectivity index (χ3v) is 5.84. The Hall–Kier alpha value is -2.80. The third kappa shape index (κ3) is 3.26. The van der Waals surface area contributed by atoms with Crippen LogP contribution in [-0.4, -0.2) is 37.4 Å². The molecule has 1 atom stereocenters. The topological polar surface area (TPSA) is 77.1 Å². The first kappa shape index (κ1) is 17.3. The Kier molecular flexibility index (Phi) is 4.52. The summed E-state index contributed by atoms with van der Waals surface area (Å²) in [5.74, 6) is 1.06. The van der Waals surface area contributed by atoms with Gasteiger partial charge < -0.3 is 4.52 Å². The van der Waals surface area contributed by atoms with Crippen LogP contribution in [0.3, 0.4) is 0 Å². The summed E-state index contributed by atoms with van der Waals surface area (Å²) in [4.78, 5) is 19.0. The lowest BCUT2D eigenvalue weighted by Crippen LogP contribution is -2.36. The molecule has 0 saturated carbocycles. The Morgan fingerprint density at radius 3 is 3.04 bits per heavy atom. The number of nitrogens with zero attached hydrogens (tertiary/aromatic N) is 5. The van der Waals surface area contributed by atoms with Gasteiger partial charge in [0.2, 0.25) is 0 Å². The van der Waals surface area contributed by atoms with Gasteiger partial charge in [0, 0.05) is 48.6 Å². The van der Waals surface area contributed by atoms with Crippen molar-refractivity contribution in [3.05, 3.63) is 64.0 Å². The first-order valence-corrected chi connectivity index (χ1v) is 9.97. The molecule has 4 heterocycles. The second kappa shape index (κ2) is 7.31. The van der Waals surface area contributed by atoms with Crippen LogP contribution < -0.4 is 5.56 Å². The van der Waals surface area contributed by atoms with E-state index in [2.05, 4.69) is 20.1 Å². The van der Waals surface area contributed by atoms with Crippen LogP contribution >= 0.6 is 0 Å². The van der Waals surface area contributed by atoms with E-state index in [1.54, 1.807) is 29.2 Å². The first-order chi connectivity index (χ1) is 13.8. The van der Waals surface area contributed by atoms with Crippen LogP contribution in [0.15, 0.2) is 46.0 Å². The number of pyridine rings is 1. The van der Waals surface area contributed by atoms with Crippen molar-refractivity contribution >= 4 is 0 Å². The zero-order valence-corrected chi connectivity index (χ0v) is 15.8. The maximum absolute atomic E-state index is 12.4. The van der Waals surface area contributed by atoms with Crippen LogP contribution in [0.1, 0.15) is 36.3 Å². The molecule has 1 fully saturated rings. The molecule has 0 radical (unpaired) electrons. The molecule has 7 nitrogen and oxygen atoms in total. The van der Waals surface area contributed by atoms with Crippen LogP contribution in [-0.2, 0) is 25.9 Å². The van der Waals surface area contributed by atoms with Crippen molar-refractivity contribution in [3.8, 4) is 11.3 Å². The molecule has 2 aliphatic rings. The number of rotatable bonds is 5. The van der Waals surface area contributed by atoms with Crippen molar-refractivity contribution in [3.63, 3.8) is 0 Å². The first-order valence-electron chi connectivity index (χ1n) is 9.97. The molecule has 1 saturated heterocycles. The van der Waals surface area contributed by atoms with E-state index in [1.807, 2.05) is 12.1 Å². The standard InChI is InChI=1S/C21H23N5O2/c27-21-9-8-18(15-4-2-10-22-12-15)23-26(21)13-16-5-3-11-25(16)14-19-17-6-1-7-20(17)28-24-19/h2,4,8-10,12,16H,1,3,5-7,11,13-14H2. The van der Waals surface area contributed by atoms with Crippen molar-refractivity contribution in [1.29, 1.82) is 0 Å². The zero-order valence-electron chi connectivity index (χ0n) is 15.8. The third-order valence-electron chi connectivity index (χ3n) is 5.84. The molecule has 1 aliphatic heterocycles. The van der Waals surface area contributed by atoms with Crippen molar-refractivity contribution in [2.24, 2.45) is 0 Å². The molecular formula is C21H23N5O2. The molecule has 28 heavy (non-hydrogen) atoms. The van der Waals surface area contributed by atoms with Crippen molar-refractivity contribution in [2.45, 2.75) is 51.2 Å². The van der Waals surface area contributed by atoms with Crippen LogP contribution in [0.4, 0.5) is 0 Å². The Morgan fingerprint density at radius 1 is 1.18 bits per heavy atom. The van der Waals surface area contributed by atoms with Crippen LogP contribution in [0.2, 0.25) is 0 Å². The number of aryl methyl sites for hydroxylation is 1. The minimum atomic E-state index is -0.0678. The van der Waals surface area contributed by atoms with E-state index in [9.17, 15) is 4.79 Å². The van der Waals surface area contributed by atoms with Crippen LogP contribution in [0.5, 0.6) is 0 Å². The lowest BCUT2D eigenvalue weighted by molar-refractivity contribution is 0.210. The van der Waals surface area contributed by atoms with Gasteiger partial charge in [-0.1, -0.05) is 5.16 Å². The van der Waals surface area contributed by atoms with Gasteiger partial charge in [0.05, 0.1) is 12.2 Å². The van der Waals surface area contributed by atoms with Crippen LogP contribution in [0, 0.1) is 0 Å². The summed E-state index contributed by atoms with van der Waals surface area (Å²) in [5.41, 5.74) is 3.99. The second-order valence-electron chi connectivity index (χ2n) is 7.63. The van der Waals surface area contributed by atoms with E-state index in [0.717, 1.165) is 67.9 Å². The maximum atomic E-state index is 12.4. The van der Waals surface area contributed by atoms with E-state index in [0.29, 0.717) is 6.54 Å². The SMILES string of the molecule is O=c1ccc(-c2cccnc2)nn1CC1CCCN1Cc1noc2c1CCC2. The fraction of sp³-hybridized carbons (Fsp3) is 0.429. The second-order valence-corrected chi connectivity index (χ2v) is 7.63. The number of hydrogen-bond acceptors (Lipinski definition) is 6. The molecule has 0 aromatic carbocycles. The molecule has 1 unspecified atom stereocenters. The molecular weight excluding hydrogens is 354 g/mol. The maximum Gasteiger partial charge on any atom is 0.266 e. The highest BCUT2D eigenvalue weighted by Crippen LogP contribution is 2.28. The van der Waals surface area contributed by atoms with Gasteiger partial charge in [0.1, 0.15) is 11.5 Å². The molecule has 0 spiro atoms. The average Bonchev–Trinajstić information content (AvgIpc) is 3.44. The van der Waals surface area contributed by atoms with E-state index in [1.165, 1.54) is 5.56 Å². The van der Waals surface area contributed by atoms with Gasteiger partial charge in [-0.2, -0.15) is 5.10 Å². The highest BCUT2D eigenvalue weighted by molar-refractivity contribution is 5.56. The smallest absolute Gasteiger partial charge is 0.266 e. The summed E-state index contributed by atoms with van der Waals surface area (Å²) in [6.45, 7) is 2.40. The lowest BCUT2D eigenvalue weighted by atomic mass is 10.1. The predicted molar refractivity (Wildman–Crippen MR) is 104 cm³/mol. The summed E-state index contributed by atoms with van der Waals surface area (Å²) in [5, 5.41) is 8.91. The van der Waals surface area contributed by atoms with Gasteiger partial charge in [-0.25, -0.2) is 4.68 Å². The summed E-state index contributed by atoms with van der Waals surface area (Å²) in [6.07, 6.45) is 8.93. The Labute approximate surface area is 163 Å². The van der Waals surface area contributed by atoms with Crippen LogP contribution in [0.25, 0.3) is 11.3 Å². The summed E-state index contributed by atoms with van der Waals surface area (Å²) >= 11 is 0. The number of aromatic nitrogens is 4. The molecule has 5 rings (SSSR count). The zero-order chi connectivity index (χ0) is 18.9. The molecule has 0 bridgehead atoms. The lowest BCUT2D eigenvalue weighted by Gasteiger charge is -2.24. The molecule has 0 N–H and O–H groups in total. The highest BCUT2D eigenvalue weighted by Gasteiger charge is 2.29. The fourth-order valence-electron chi connectivity index (χ4n) is 4.36. The summed E-state index contributed by atoms with van der Waals surface area (Å²) in [7, 11) is 0. The number of likely N-dealkylation sites (tertiary alicyclic amines) is 1. The number of fused-ring (bicyclic) bond motifs is 1. The molecule has 0 amide bonds. The monoisotopic (exact) mass is 377 g/mol. The minimum absolute atomic E-state index is 0.0678. The Balaban J connectivity index is 1.35. The summed E-state index contributed by atoms with van der Waals surface area (Å²) in [6, 6.07) is 7.47. The highest BCUT2D eigenvalue weighted by atomic mass is 16.5. The van der Waals surface area contributed by atoms with Gasteiger partial charge in [-0.05, 0) is 50.4 Å². The summed E-state index contributed by atoms with van der Waals surface area (Å²) < 4.78 is 7.10. The van der Waals surface area contributed by atoms with E-state index < -0.39 is 0 Å². The molecule has 1 aliphatic carbocycles. The van der Waals surface area contributed by atoms with Gasteiger partial charge in [0.15, 0.2) is 0 Å². The molecule has 144 valence electrons. The largest absolute Gasteiger partial charge is 0.361 e. The Morgan fingerprint density at radius 2 is 2.14 bits per heavy atom. The number of hydrogen-bond donors (Lipinski definition) is 0. The van der Waals surface area contributed by atoms with E-state index >= 15 is 0 Å². The molecule has 3 aromatic heterocycles. The minimum Gasteiger partial charge on any atom is -0.361 e. The van der Waals surface area contributed by atoms with E-state index in [-0.39, 0.29) is 11.6 Å². The predicted octanol–water partition coefficient (Wildman–Crippen LogP) is 2.45. The van der Waals surface area contributed by atoms with E-state index in [4.69, 9.17) is 4.52 Å². The van der Waals surface area contributed by atoms with Gasteiger partial charge in [0.25, 0.3) is 5.56 Å². The fourth-order valence-corrected chi connectivity index (χ4v) is 4.36.